The van der Waals surface area contributed by atoms with Crippen LogP contribution < -0.4 is 9.80 Å². The van der Waals surface area contributed by atoms with Gasteiger partial charge < -0.3 is 14.4 Å². The van der Waals surface area contributed by atoms with E-state index in [2.05, 4.69) is 251 Å². The van der Waals surface area contributed by atoms with Crippen molar-refractivity contribution in [2.24, 2.45) is 0 Å². The van der Waals surface area contributed by atoms with Crippen molar-refractivity contribution in [1.29, 1.82) is 0 Å². The van der Waals surface area contributed by atoms with Gasteiger partial charge >= 0.3 is 0 Å². The molecule has 3 nitrogen and oxygen atoms in total. The molecular formula is C54H39N3. The topological polar surface area (TPSA) is 11.4 Å². The number of rotatable bonds is 9. The molecule has 0 aliphatic carbocycles. The summed E-state index contributed by atoms with van der Waals surface area (Å²) >= 11 is 0. The maximum absolute atomic E-state index is 2.42. The highest BCUT2D eigenvalue weighted by Gasteiger charge is 2.25. The second-order valence-corrected chi connectivity index (χ2v) is 14.2. The van der Waals surface area contributed by atoms with Crippen LogP contribution in [0.3, 0.4) is 0 Å². The zero-order valence-corrected chi connectivity index (χ0v) is 31.4. The third kappa shape index (κ3) is 6.31. The molecule has 0 fully saturated rings. The van der Waals surface area contributed by atoms with Gasteiger partial charge in [0.2, 0.25) is 0 Å². The van der Waals surface area contributed by atoms with Gasteiger partial charge in [-0.05, 0) is 102 Å². The number of anilines is 6. The Morgan fingerprint density at radius 1 is 0.281 bits per heavy atom. The van der Waals surface area contributed by atoms with E-state index in [0.29, 0.717) is 0 Å². The Bertz CT molecular complexity index is 2940. The van der Waals surface area contributed by atoms with Crippen molar-refractivity contribution >= 4 is 55.9 Å². The number of para-hydroxylation sites is 4. The minimum atomic E-state index is 1.08. The molecule has 0 spiro atoms. The van der Waals surface area contributed by atoms with Crippen LogP contribution in [0.4, 0.5) is 34.1 Å². The zero-order valence-electron chi connectivity index (χ0n) is 31.4. The summed E-state index contributed by atoms with van der Waals surface area (Å²) in [5.41, 5.74) is 14.6. The van der Waals surface area contributed by atoms with Crippen molar-refractivity contribution in [3.8, 4) is 27.9 Å². The van der Waals surface area contributed by atoms with Crippen LogP contribution in [0, 0.1) is 0 Å². The molecule has 0 aliphatic heterocycles. The fraction of sp³-hybridized carbons (Fsp3) is 0. The monoisotopic (exact) mass is 729 g/mol. The highest BCUT2D eigenvalue weighted by atomic mass is 15.2. The van der Waals surface area contributed by atoms with Crippen LogP contribution in [0.5, 0.6) is 0 Å². The van der Waals surface area contributed by atoms with Crippen LogP contribution in [-0.4, -0.2) is 4.57 Å². The first-order valence-corrected chi connectivity index (χ1v) is 19.4. The maximum Gasteiger partial charge on any atom is 0.0561 e. The van der Waals surface area contributed by atoms with E-state index < -0.39 is 0 Å². The SMILES string of the molecule is c1ccc(-c2cccc(N(c3ccccc3)c3cccc(N(c4ccccc4)c4ccc5c(c4)c4ccccc4n5-c4ccccc4)c3-c3ccccc3)c2)cc1. The summed E-state index contributed by atoms with van der Waals surface area (Å²) in [6, 6.07) is 84.8. The lowest BCUT2D eigenvalue weighted by Crippen LogP contribution is -2.15. The molecule has 270 valence electrons. The molecule has 3 heteroatoms. The van der Waals surface area contributed by atoms with Crippen LogP contribution in [0.15, 0.2) is 237 Å². The van der Waals surface area contributed by atoms with E-state index in [1.165, 1.54) is 32.9 Å². The number of nitrogens with zero attached hydrogens (tertiary/aromatic N) is 3. The molecule has 9 aromatic carbocycles. The summed E-state index contributed by atoms with van der Waals surface area (Å²) < 4.78 is 2.37. The van der Waals surface area contributed by atoms with Crippen LogP contribution in [0.2, 0.25) is 0 Å². The molecule has 0 radical (unpaired) electrons. The highest BCUT2D eigenvalue weighted by molar-refractivity contribution is 6.11. The smallest absolute Gasteiger partial charge is 0.0561 e. The zero-order chi connectivity index (χ0) is 38.0. The standard InChI is InChI=1S/C54H39N3/c1-6-20-40(21-7-1)42-24-18-31-46(38-42)55(43-25-10-3-11-26-43)52-34-19-35-53(54(52)41-22-8-2-9-23-41)56(44-27-12-4-13-28-44)47-36-37-51-49(39-47)48-32-16-17-33-50(48)57(51)45-29-14-5-15-30-45/h1-39H. The van der Waals surface area contributed by atoms with Gasteiger partial charge in [-0.1, -0.05) is 152 Å². The van der Waals surface area contributed by atoms with Gasteiger partial charge in [-0.2, -0.15) is 0 Å². The lowest BCUT2D eigenvalue weighted by atomic mass is 9.97. The molecule has 0 N–H and O–H groups in total. The van der Waals surface area contributed by atoms with Crippen molar-refractivity contribution in [2.45, 2.75) is 0 Å². The molecule has 1 aromatic heterocycles. The summed E-state index contributed by atoms with van der Waals surface area (Å²) in [5, 5.41) is 2.42. The fourth-order valence-electron chi connectivity index (χ4n) is 8.22. The van der Waals surface area contributed by atoms with Gasteiger partial charge in [0.25, 0.3) is 0 Å². The number of hydrogen-bond acceptors (Lipinski definition) is 2. The molecule has 1 heterocycles. The van der Waals surface area contributed by atoms with Gasteiger partial charge in [-0.25, -0.2) is 0 Å². The Morgan fingerprint density at radius 3 is 1.37 bits per heavy atom. The summed E-state index contributed by atoms with van der Waals surface area (Å²) in [4.78, 5) is 4.82. The average Bonchev–Trinajstić information content (AvgIpc) is 3.62. The van der Waals surface area contributed by atoms with Gasteiger partial charge in [0, 0.05) is 44.8 Å². The van der Waals surface area contributed by atoms with Gasteiger partial charge in [-0.3, -0.25) is 0 Å². The average molecular weight is 730 g/mol. The molecule has 10 aromatic rings. The molecule has 10 rings (SSSR count). The minimum absolute atomic E-state index is 1.08. The molecule has 0 amide bonds. The Morgan fingerprint density at radius 2 is 0.737 bits per heavy atom. The Hall–Kier alpha value is -7.62. The molecule has 0 aliphatic rings. The maximum atomic E-state index is 2.42. The Kier molecular flexibility index (Phi) is 8.86. The summed E-state index contributed by atoms with van der Waals surface area (Å²) in [6.07, 6.45) is 0. The van der Waals surface area contributed by atoms with Gasteiger partial charge in [-0.15, -0.1) is 0 Å². The summed E-state index contributed by atoms with van der Waals surface area (Å²) in [6.45, 7) is 0. The van der Waals surface area contributed by atoms with E-state index in [9.17, 15) is 0 Å². The number of aromatic nitrogens is 1. The van der Waals surface area contributed by atoms with Crippen LogP contribution in [0.1, 0.15) is 0 Å². The van der Waals surface area contributed by atoms with Crippen molar-refractivity contribution in [3.05, 3.63) is 237 Å². The number of benzene rings is 9. The third-order valence-corrected chi connectivity index (χ3v) is 10.7. The van der Waals surface area contributed by atoms with Gasteiger partial charge in [0.1, 0.15) is 0 Å². The van der Waals surface area contributed by atoms with Crippen molar-refractivity contribution < 1.29 is 0 Å². The van der Waals surface area contributed by atoms with E-state index in [4.69, 9.17) is 0 Å². The normalized spacial score (nSPS) is 11.2. The van der Waals surface area contributed by atoms with Crippen molar-refractivity contribution in [3.63, 3.8) is 0 Å². The fourth-order valence-corrected chi connectivity index (χ4v) is 8.22. The number of hydrogen-bond donors (Lipinski definition) is 0. The molecule has 0 bridgehead atoms. The number of fused-ring (bicyclic) bond motifs is 3. The summed E-state index contributed by atoms with van der Waals surface area (Å²) in [7, 11) is 0. The van der Waals surface area contributed by atoms with Crippen LogP contribution in [-0.2, 0) is 0 Å². The molecule has 0 saturated carbocycles. The predicted octanol–water partition coefficient (Wildman–Crippen LogP) is 15.1. The van der Waals surface area contributed by atoms with E-state index >= 15 is 0 Å². The Balaban J connectivity index is 1.23. The first-order valence-electron chi connectivity index (χ1n) is 19.4. The first kappa shape index (κ1) is 33.9. The third-order valence-electron chi connectivity index (χ3n) is 10.7. The van der Waals surface area contributed by atoms with E-state index in [0.717, 1.165) is 50.9 Å². The molecule has 0 saturated heterocycles. The lowest BCUT2D eigenvalue weighted by Gasteiger charge is -2.33. The molecule has 57 heavy (non-hydrogen) atoms. The first-order chi connectivity index (χ1) is 28.3. The molecule has 0 atom stereocenters. The van der Waals surface area contributed by atoms with Crippen LogP contribution in [0.25, 0.3) is 49.7 Å². The molecular weight excluding hydrogens is 691 g/mol. The largest absolute Gasteiger partial charge is 0.310 e. The predicted molar refractivity (Wildman–Crippen MR) is 241 cm³/mol. The minimum Gasteiger partial charge on any atom is -0.310 e. The van der Waals surface area contributed by atoms with Gasteiger partial charge in [0.15, 0.2) is 0 Å². The van der Waals surface area contributed by atoms with E-state index in [1.807, 2.05) is 0 Å². The summed E-state index contributed by atoms with van der Waals surface area (Å²) in [5.74, 6) is 0. The van der Waals surface area contributed by atoms with Crippen LogP contribution >= 0.6 is 0 Å². The Labute approximate surface area is 333 Å². The second-order valence-electron chi connectivity index (χ2n) is 14.2. The van der Waals surface area contributed by atoms with Crippen molar-refractivity contribution in [2.75, 3.05) is 9.80 Å². The molecule has 0 unspecified atom stereocenters. The van der Waals surface area contributed by atoms with Gasteiger partial charge in [0.05, 0.1) is 22.4 Å². The van der Waals surface area contributed by atoms with E-state index in [1.54, 1.807) is 0 Å². The quantitative estimate of drug-likeness (QED) is 0.147. The lowest BCUT2D eigenvalue weighted by molar-refractivity contribution is 1.18. The van der Waals surface area contributed by atoms with E-state index in [-0.39, 0.29) is 0 Å². The highest BCUT2D eigenvalue weighted by Crippen LogP contribution is 2.49. The second kappa shape index (κ2) is 14.9. The van der Waals surface area contributed by atoms with Crippen molar-refractivity contribution in [1.82, 2.24) is 4.57 Å².